The molecule has 1 aliphatic rings. The average Bonchev–Trinajstić information content (AvgIpc) is 3.25. The Hall–Kier alpha value is -3.70. The molecule has 184 valence electrons. The van der Waals surface area contributed by atoms with Crippen molar-refractivity contribution in [2.75, 3.05) is 37.4 Å². The van der Waals surface area contributed by atoms with Crippen LogP contribution in [-0.4, -0.2) is 69.6 Å². The molecule has 1 saturated heterocycles. The average molecular weight is 499 g/mol. The van der Waals surface area contributed by atoms with Gasteiger partial charge in [-0.3, -0.25) is 14.7 Å². The largest absolute Gasteiger partial charge is 0.495 e. The summed E-state index contributed by atoms with van der Waals surface area (Å²) in [5.74, 6) is 0.884. The molecule has 3 heterocycles. The maximum absolute atomic E-state index is 12.7. The minimum absolute atomic E-state index is 0.128. The Morgan fingerprint density at radius 2 is 1.94 bits per heavy atom. The number of hydrogen-bond donors (Lipinski definition) is 3. The van der Waals surface area contributed by atoms with Crippen LogP contribution in [0.25, 0.3) is 0 Å². The fourth-order valence-corrected chi connectivity index (χ4v) is 4.15. The van der Waals surface area contributed by atoms with E-state index in [4.69, 9.17) is 16.3 Å². The molecule has 2 aromatic heterocycles. The van der Waals surface area contributed by atoms with Crippen LogP contribution in [0, 0.1) is 0 Å². The highest BCUT2D eigenvalue weighted by molar-refractivity contribution is 6.30. The van der Waals surface area contributed by atoms with Crippen LogP contribution in [0.4, 0.5) is 16.3 Å². The van der Waals surface area contributed by atoms with Crippen LogP contribution in [0.3, 0.4) is 0 Å². The van der Waals surface area contributed by atoms with E-state index in [9.17, 15) is 9.59 Å². The van der Waals surface area contributed by atoms with Gasteiger partial charge >= 0.3 is 6.03 Å². The minimum Gasteiger partial charge on any atom is -0.495 e. The number of benzene rings is 1. The van der Waals surface area contributed by atoms with Crippen molar-refractivity contribution in [2.45, 2.75) is 18.4 Å². The van der Waals surface area contributed by atoms with Gasteiger partial charge in [-0.05, 0) is 42.8 Å². The van der Waals surface area contributed by atoms with Gasteiger partial charge < -0.3 is 20.7 Å². The smallest absolute Gasteiger partial charge is 0.319 e. The van der Waals surface area contributed by atoms with Crippen molar-refractivity contribution in [3.63, 3.8) is 0 Å². The number of rotatable bonds is 7. The molecule has 2 atom stereocenters. The number of likely N-dealkylation sites (tertiary alicyclic amines) is 1. The standard InChI is InChI=1S/C23H27ClN8O3/c1-31-21(12-26-30-31)29-22(33)14-32-10-9-20(18(13-32)19-8-7-17(35-2)11-25-19)28-23(34)27-16-5-3-15(24)4-6-16/h3-8,11-12,18,20H,9-10,13-14H2,1-2H3,(H,29,33)(H2,27,28,34)/t18-,20+/m0/s1. The number of aryl methyl sites for hydroxylation is 1. The fourth-order valence-electron chi connectivity index (χ4n) is 4.02. The monoisotopic (exact) mass is 498 g/mol. The molecule has 35 heavy (non-hydrogen) atoms. The van der Waals surface area contributed by atoms with Crippen LogP contribution in [0.1, 0.15) is 18.0 Å². The normalized spacial score (nSPS) is 18.0. The Morgan fingerprint density at radius 3 is 2.60 bits per heavy atom. The van der Waals surface area contributed by atoms with Gasteiger partial charge in [-0.15, -0.1) is 5.10 Å². The van der Waals surface area contributed by atoms with Crippen LogP contribution in [0.5, 0.6) is 5.75 Å². The third-order valence-corrected chi connectivity index (χ3v) is 6.09. The van der Waals surface area contributed by atoms with Gasteiger partial charge in [0.1, 0.15) is 5.75 Å². The van der Waals surface area contributed by atoms with E-state index in [1.165, 1.54) is 10.9 Å². The van der Waals surface area contributed by atoms with E-state index < -0.39 is 0 Å². The summed E-state index contributed by atoms with van der Waals surface area (Å²) in [5, 5.41) is 16.9. The second-order valence-electron chi connectivity index (χ2n) is 8.26. The number of carbonyl (C=O) groups is 2. The molecule has 12 heteroatoms. The summed E-state index contributed by atoms with van der Waals surface area (Å²) in [5.41, 5.74) is 1.45. The number of anilines is 2. The molecular formula is C23H27ClN8O3. The van der Waals surface area contributed by atoms with Crippen LogP contribution in [0.2, 0.25) is 5.02 Å². The summed E-state index contributed by atoms with van der Waals surface area (Å²) < 4.78 is 6.73. The van der Waals surface area contributed by atoms with Gasteiger partial charge in [0.2, 0.25) is 5.91 Å². The van der Waals surface area contributed by atoms with Gasteiger partial charge in [0.15, 0.2) is 5.82 Å². The highest BCUT2D eigenvalue weighted by Gasteiger charge is 2.33. The summed E-state index contributed by atoms with van der Waals surface area (Å²) in [6, 6.07) is 10.1. The number of nitrogens with zero attached hydrogens (tertiary/aromatic N) is 5. The lowest BCUT2D eigenvalue weighted by Gasteiger charge is -2.38. The number of aromatic nitrogens is 4. The van der Waals surface area contributed by atoms with Gasteiger partial charge in [-0.1, -0.05) is 16.8 Å². The number of piperidine rings is 1. The molecule has 1 aromatic carbocycles. The Morgan fingerprint density at radius 1 is 1.14 bits per heavy atom. The van der Waals surface area contributed by atoms with Gasteiger partial charge in [0, 0.05) is 48.5 Å². The van der Waals surface area contributed by atoms with Gasteiger partial charge in [0.05, 0.1) is 26.0 Å². The molecular weight excluding hydrogens is 472 g/mol. The number of urea groups is 1. The number of methoxy groups -OCH3 is 1. The van der Waals surface area contributed by atoms with E-state index in [0.717, 1.165) is 5.69 Å². The molecule has 1 aliphatic heterocycles. The maximum atomic E-state index is 12.7. The number of amides is 3. The Kier molecular flexibility index (Phi) is 7.78. The van der Waals surface area contributed by atoms with E-state index in [0.29, 0.717) is 41.8 Å². The third kappa shape index (κ3) is 6.46. The van der Waals surface area contributed by atoms with Crippen molar-refractivity contribution in [3.8, 4) is 5.75 Å². The molecule has 1 fully saturated rings. The zero-order chi connectivity index (χ0) is 24.8. The lowest BCUT2D eigenvalue weighted by Crippen LogP contribution is -2.52. The van der Waals surface area contributed by atoms with Crippen LogP contribution in [-0.2, 0) is 11.8 Å². The van der Waals surface area contributed by atoms with E-state index in [2.05, 4.69) is 31.2 Å². The number of pyridine rings is 1. The number of ether oxygens (including phenoxy) is 1. The molecule has 3 N–H and O–H groups in total. The SMILES string of the molecule is COc1ccc([C@@H]2CN(CC(=O)Nc3cnnn3C)CC[C@H]2NC(=O)Nc2ccc(Cl)cc2)nc1. The van der Waals surface area contributed by atoms with Crippen molar-refractivity contribution in [2.24, 2.45) is 7.05 Å². The highest BCUT2D eigenvalue weighted by atomic mass is 35.5. The number of halogens is 1. The Labute approximate surface area is 207 Å². The zero-order valence-corrected chi connectivity index (χ0v) is 20.2. The molecule has 3 aromatic rings. The zero-order valence-electron chi connectivity index (χ0n) is 19.4. The lowest BCUT2D eigenvalue weighted by atomic mass is 9.88. The van der Waals surface area contributed by atoms with E-state index in [1.54, 1.807) is 44.6 Å². The first-order chi connectivity index (χ1) is 16.9. The molecule has 0 radical (unpaired) electrons. The predicted molar refractivity (Wildman–Crippen MR) is 132 cm³/mol. The summed E-state index contributed by atoms with van der Waals surface area (Å²) in [7, 11) is 3.29. The van der Waals surface area contributed by atoms with Crippen molar-refractivity contribution in [1.29, 1.82) is 0 Å². The van der Waals surface area contributed by atoms with Crippen LogP contribution in [0.15, 0.2) is 48.8 Å². The van der Waals surface area contributed by atoms with Gasteiger partial charge in [-0.25, -0.2) is 9.48 Å². The van der Waals surface area contributed by atoms with E-state index >= 15 is 0 Å². The Bertz CT molecular complexity index is 1150. The van der Waals surface area contributed by atoms with E-state index in [1.807, 2.05) is 17.0 Å². The quantitative estimate of drug-likeness (QED) is 0.456. The van der Waals surface area contributed by atoms with Crippen LogP contribution >= 0.6 is 11.6 Å². The Balaban J connectivity index is 1.43. The van der Waals surface area contributed by atoms with Gasteiger partial charge in [-0.2, -0.15) is 0 Å². The van der Waals surface area contributed by atoms with E-state index in [-0.39, 0.29) is 30.4 Å². The third-order valence-electron chi connectivity index (χ3n) is 5.84. The fraction of sp³-hybridized carbons (Fsp3) is 0.348. The second-order valence-corrected chi connectivity index (χ2v) is 8.69. The molecule has 11 nitrogen and oxygen atoms in total. The van der Waals surface area contributed by atoms with Crippen molar-refractivity contribution >= 4 is 35.0 Å². The molecule has 0 saturated carbocycles. The van der Waals surface area contributed by atoms with Crippen molar-refractivity contribution in [3.05, 3.63) is 59.5 Å². The van der Waals surface area contributed by atoms with Gasteiger partial charge in [0.25, 0.3) is 0 Å². The number of carbonyl (C=O) groups excluding carboxylic acids is 2. The lowest BCUT2D eigenvalue weighted by molar-refractivity contribution is -0.117. The molecule has 3 amide bonds. The topological polar surface area (TPSA) is 126 Å². The number of hydrogen-bond acceptors (Lipinski definition) is 7. The predicted octanol–water partition coefficient (Wildman–Crippen LogP) is 2.49. The molecule has 0 spiro atoms. The first-order valence-corrected chi connectivity index (χ1v) is 11.5. The summed E-state index contributed by atoms with van der Waals surface area (Å²) >= 11 is 5.92. The van der Waals surface area contributed by atoms with Crippen molar-refractivity contribution in [1.82, 2.24) is 30.2 Å². The minimum atomic E-state index is -0.314. The second kappa shape index (κ2) is 11.2. The molecule has 4 rings (SSSR count). The summed E-state index contributed by atoms with van der Waals surface area (Å²) in [6.45, 7) is 1.37. The molecule has 0 bridgehead atoms. The first-order valence-electron chi connectivity index (χ1n) is 11.1. The van der Waals surface area contributed by atoms with Crippen LogP contribution < -0.4 is 20.7 Å². The van der Waals surface area contributed by atoms with Crippen molar-refractivity contribution < 1.29 is 14.3 Å². The highest BCUT2D eigenvalue weighted by Crippen LogP contribution is 2.27. The maximum Gasteiger partial charge on any atom is 0.319 e. The number of nitrogens with one attached hydrogen (secondary N) is 3. The first kappa shape index (κ1) is 24.4. The summed E-state index contributed by atoms with van der Waals surface area (Å²) in [6.07, 6.45) is 3.80. The summed E-state index contributed by atoms with van der Waals surface area (Å²) in [4.78, 5) is 31.9. The molecule has 0 unspecified atom stereocenters. The molecule has 0 aliphatic carbocycles.